The quantitative estimate of drug-likeness (QED) is 0.423. The van der Waals surface area contributed by atoms with Gasteiger partial charge in [0, 0.05) is 36.3 Å². The number of fused-ring (bicyclic) bond motifs is 3. The molecule has 190 valence electrons. The molecule has 0 spiro atoms. The van der Waals surface area contributed by atoms with Crippen LogP contribution in [0.15, 0.2) is 30.3 Å². The average molecular weight is 521 g/mol. The Morgan fingerprint density at radius 2 is 1.78 bits per heavy atom. The topological polar surface area (TPSA) is 50.1 Å². The normalized spacial score (nSPS) is 20.1. The lowest BCUT2D eigenvalue weighted by molar-refractivity contribution is -0.200. The van der Waals surface area contributed by atoms with Crippen LogP contribution in [0, 0.1) is 12.7 Å². The van der Waals surface area contributed by atoms with Crippen LogP contribution in [0.5, 0.6) is 0 Å². The number of benzene rings is 1. The third-order valence-corrected chi connectivity index (χ3v) is 7.95. The van der Waals surface area contributed by atoms with Gasteiger partial charge in [-0.25, -0.2) is 9.37 Å². The highest BCUT2D eigenvalue weighted by Gasteiger charge is 2.66. The number of rotatable bonds is 3. The lowest BCUT2D eigenvalue weighted by Crippen LogP contribution is -2.47. The summed E-state index contributed by atoms with van der Waals surface area (Å²) in [5.74, 6) is 1.26. The van der Waals surface area contributed by atoms with Crippen LogP contribution in [0.25, 0.3) is 5.69 Å². The van der Waals surface area contributed by atoms with Crippen LogP contribution < -0.4 is 4.90 Å². The van der Waals surface area contributed by atoms with Crippen LogP contribution in [0.4, 0.5) is 23.4 Å². The zero-order chi connectivity index (χ0) is 25.2. The van der Waals surface area contributed by atoms with Crippen molar-refractivity contribution in [1.29, 1.82) is 0 Å². The molecule has 2 fully saturated rings. The van der Waals surface area contributed by atoms with E-state index in [2.05, 4.69) is 15.2 Å². The van der Waals surface area contributed by atoms with Gasteiger partial charge in [0.2, 0.25) is 0 Å². The van der Waals surface area contributed by atoms with E-state index in [4.69, 9.17) is 11.6 Å². The van der Waals surface area contributed by atoms with Gasteiger partial charge in [0.25, 0.3) is 0 Å². The van der Waals surface area contributed by atoms with Crippen molar-refractivity contribution < 1.29 is 17.6 Å². The summed E-state index contributed by atoms with van der Waals surface area (Å²) in [7, 11) is 0. The molecule has 2 aromatic heterocycles. The first-order chi connectivity index (χ1) is 17.2. The van der Waals surface area contributed by atoms with E-state index in [0.29, 0.717) is 42.6 Å². The first-order valence-corrected chi connectivity index (χ1v) is 12.5. The van der Waals surface area contributed by atoms with Gasteiger partial charge in [-0.15, -0.1) is 10.2 Å². The molecule has 0 amide bonds. The maximum absolute atomic E-state index is 14.4. The van der Waals surface area contributed by atoms with Gasteiger partial charge in [-0.1, -0.05) is 11.6 Å². The third kappa shape index (κ3) is 3.85. The van der Waals surface area contributed by atoms with Crippen molar-refractivity contribution in [3.8, 4) is 5.69 Å². The Bertz CT molecular complexity index is 1310. The molecule has 0 radical (unpaired) electrons. The Balaban J connectivity index is 1.33. The summed E-state index contributed by atoms with van der Waals surface area (Å²) in [6.45, 7) is 3.21. The number of alkyl halides is 3. The fraction of sp³-hybridized carbons (Fsp3) is 0.480. The van der Waals surface area contributed by atoms with E-state index < -0.39 is 11.7 Å². The van der Waals surface area contributed by atoms with Crippen LogP contribution in [-0.4, -0.2) is 49.5 Å². The molecule has 2 aliphatic heterocycles. The minimum absolute atomic E-state index is 0.0305. The number of hydrogen-bond donors (Lipinski definition) is 0. The Labute approximate surface area is 210 Å². The number of nitrogens with zero attached hydrogens (tertiary/aromatic N) is 6. The molecule has 3 aliphatic rings. The van der Waals surface area contributed by atoms with E-state index in [9.17, 15) is 17.6 Å². The van der Waals surface area contributed by atoms with E-state index in [1.807, 2.05) is 22.5 Å². The highest BCUT2D eigenvalue weighted by Crippen LogP contribution is 2.55. The molecule has 4 heterocycles. The van der Waals surface area contributed by atoms with Gasteiger partial charge in [0.1, 0.15) is 11.4 Å². The summed E-state index contributed by atoms with van der Waals surface area (Å²) in [6.07, 6.45) is -2.76. The molecule has 0 N–H and O–H groups in total. The number of halogens is 5. The van der Waals surface area contributed by atoms with Gasteiger partial charge in [-0.3, -0.25) is 9.47 Å². The summed E-state index contributed by atoms with van der Waals surface area (Å²) >= 11 is 6.26. The van der Waals surface area contributed by atoms with Gasteiger partial charge in [0.15, 0.2) is 17.5 Å². The van der Waals surface area contributed by atoms with Gasteiger partial charge < -0.3 is 4.90 Å². The van der Waals surface area contributed by atoms with E-state index >= 15 is 0 Å². The van der Waals surface area contributed by atoms with Crippen LogP contribution in [-0.2, 0) is 13.1 Å². The van der Waals surface area contributed by atoms with Gasteiger partial charge in [-0.2, -0.15) is 13.2 Å². The van der Waals surface area contributed by atoms with Crippen molar-refractivity contribution >= 4 is 17.4 Å². The smallest absolute Gasteiger partial charge is 0.354 e. The molecule has 0 bridgehead atoms. The van der Waals surface area contributed by atoms with Crippen LogP contribution in [0.3, 0.4) is 0 Å². The minimum Gasteiger partial charge on any atom is -0.354 e. The molecule has 6 nitrogen and oxygen atoms in total. The number of piperidine rings is 1. The summed E-state index contributed by atoms with van der Waals surface area (Å²) in [5, 5.41) is 9.33. The maximum atomic E-state index is 14.4. The maximum Gasteiger partial charge on any atom is 0.406 e. The minimum atomic E-state index is -4.32. The zero-order valence-electron chi connectivity index (χ0n) is 19.7. The Morgan fingerprint density at radius 1 is 1.03 bits per heavy atom. The van der Waals surface area contributed by atoms with Gasteiger partial charge in [0.05, 0.1) is 12.2 Å². The van der Waals surface area contributed by atoms with Crippen molar-refractivity contribution in [2.45, 2.75) is 63.3 Å². The standard InChI is InChI=1S/C25H25ClF4N6/c1-15-2-4-19(27)23(31-15)34-10-6-16(7-11-34)22-33-32-21-14-35(24(8-9-24)25(28,29)30)13-17-12-18(26)3-5-20(17)36(21)22/h2-5,12,16H,6-11,13-14H2,1H3. The van der Waals surface area contributed by atoms with Crippen LogP contribution in [0.2, 0.25) is 5.02 Å². The summed E-state index contributed by atoms with van der Waals surface area (Å²) in [6, 6.07) is 8.41. The summed E-state index contributed by atoms with van der Waals surface area (Å²) in [4.78, 5) is 7.79. The van der Waals surface area contributed by atoms with Crippen molar-refractivity contribution in [2.75, 3.05) is 18.0 Å². The number of hydrogen-bond acceptors (Lipinski definition) is 5. The van der Waals surface area contributed by atoms with Crippen LogP contribution in [0.1, 0.15) is 54.5 Å². The Kier molecular flexibility index (Phi) is 5.53. The van der Waals surface area contributed by atoms with Crippen molar-refractivity contribution in [1.82, 2.24) is 24.6 Å². The monoisotopic (exact) mass is 520 g/mol. The lowest BCUT2D eigenvalue weighted by Gasteiger charge is -2.32. The molecule has 36 heavy (non-hydrogen) atoms. The first kappa shape index (κ1) is 23.7. The van der Waals surface area contributed by atoms with Crippen molar-refractivity contribution in [2.24, 2.45) is 0 Å². The fourth-order valence-corrected chi connectivity index (χ4v) is 5.78. The summed E-state index contributed by atoms with van der Waals surface area (Å²) in [5.41, 5.74) is 0.415. The molecular weight excluding hydrogens is 496 g/mol. The predicted molar refractivity (Wildman–Crippen MR) is 127 cm³/mol. The van der Waals surface area contributed by atoms with Gasteiger partial charge >= 0.3 is 6.18 Å². The first-order valence-electron chi connectivity index (χ1n) is 12.1. The molecule has 1 aliphatic carbocycles. The average Bonchev–Trinajstić information content (AvgIpc) is 3.59. The number of pyridine rings is 1. The summed E-state index contributed by atoms with van der Waals surface area (Å²) < 4.78 is 58.4. The third-order valence-electron chi connectivity index (χ3n) is 7.71. The van der Waals surface area contributed by atoms with E-state index in [1.54, 1.807) is 18.2 Å². The lowest BCUT2D eigenvalue weighted by atomic mass is 9.95. The number of aromatic nitrogens is 4. The second-order valence-electron chi connectivity index (χ2n) is 9.99. The predicted octanol–water partition coefficient (Wildman–Crippen LogP) is 5.56. The van der Waals surface area contributed by atoms with Gasteiger partial charge in [-0.05, 0) is 68.5 Å². The Hall–Kier alpha value is -2.72. The molecule has 1 saturated heterocycles. The largest absolute Gasteiger partial charge is 0.406 e. The highest BCUT2D eigenvalue weighted by molar-refractivity contribution is 6.30. The molecule has 1 saturated carbocycles. The molecule has 0 atom stereocenters. The van der Waals surface area contributed by atoms with Crippen molar-refractivity contribution in [3.05, 3.63) is 64.1 Å². The highest BCUT2D eigenvalue weighted by atomic mass is 35.5. The van der Waals surface area contributed by atoms with Crippen LogP contribution >= 0.6 is 11.6 Å². The molecular formula is C25H25ClF4N6. The van der Waals surface area contributed by atoms with Crippen molar-refractivity contribution in [3.63, 3.8) is 0 Å². The second kappa shape index (κ2) is 8.41. The SMILES string of the molecule is Cc1ccc(F)c(N2CCC(c3nnc4n3-c3ccc(Cl)cc3CN(C3(C(F)(F)F)CC3)C4)CC2)n1. The Morgan fingerprint density at radius 3 is 2.47 bits per heavy atom. The number of anilines is 1. The zero-order valence-corrected chi connectivity index (χ0v) is 20.4. The fourth-order valence-electron chi connectivity index (χ4n) is 5.59. The van der Waals surface area contributed by atoms with E-state index in [-0.39, 0.29) is 37.7 Å². The van der Waals surface area contributed by atoms with E-state index in [1.165, 1.54) is 11.0 Å². The van der Waals surface area contributed by atoms with E-state index in [0.717, 1.165) is 22.8 Å². The number of aryl methyl sites for hydroxylation is 1. The molecule has 6 rings (SSSR count). The second-order valence-corrected chi connectivity index (χ2v) is 10.4. The molecule has 3 aromatic rings. The molecule has 11 heteroatoms. The molecule has 0 unspecified atom stereocenters. The molecule has 1 aromatic carbocycles.